The Labute approximate surface area is 254 Å². The van der Waals surface area contributed by atoms with Crippen LogP contribution in [0.2, 0.25) is 1.41 Å². The number of rotatable bonds is 3. The number of aliphatic hydroxyl groups excluding tert-OH is 2. The summed E-state index contributed by atoms with van der Waals surface area (Å²) in [4.78, 5) is 13.0. The minimum atomic E-state index is -0.988. The fourth-order valence-electron chi connectivity index (χ4n) is 4.28. The molecular formula is C29H41NO3WY-2. The molecule has 2 aromatic carbocycles. The summed E-state index contributed by atoms with van der Waals surface area (Å²) in [6.45, 7) is 12.0. The summed E-state index contributed by atoms with van der Waals surface area (Å²) in [5.74, 6) is -0.334. The Morgan fingerprint density at radius 1 is 1.06 bits per heavy atom. The van der Waals surface area contributed by atoms with Gasteiger partial charge >= 0.3 is 0 Å². The molecule has 191 valence electrons. The average molecular weight is 725 g/mol. The van der Waals surface area contributed by atoms with Crippen molar-refractivity contribution in [1.29, 1.82) is 0 Å². The first kappa shape index (κ1) is 34.2. The summed E-state index contributed by atoms with van der Waals surface area (Å²) in [5.41, 5.74) is 3.60. The maximum absolute atomic E-state index is 13.0. The van der Waals surface area contributed by atoms with E-state index in [0.717, 1.165) is 27.6 Å². The van der Waals surface area contributed by atoms with Crippen molar-refractivity contribution in [3.05, 3.63) is 72.3 Å². The van der Waals surface area contributed by atoms with Gasteiger partial charge in [0.2, 0.25) is 5.91 Å². The van der Waals surface area contributed by atoms with Gasteiger partial charge in [-0.15, -0.1) is 34.9 Å². The molecule has 1 saturated carbocycles. The Morgan fingerprint density at radius 3 is 2.11 bits per heavy atom. The van der Waals surface area contributed by atoms with E-state index in [1.165, 1.54) is 0 Å². The van der Waals surface area contributed by atoms with Crippen LogP contribution in [0.4, 0.5) is 0 Å². The summed E-state index contributed by atoms with van der Waals surface area (Å²) < 4.78 is 8.43. The standard InChI is InChI=1S/C24H26NO3.2C2H6.CH3.W.Y/c1-15-3-6-18(7-4-15)19-8-5-16(2)20(13-19)21-22(27)24(25-23(21)28)11-9-17(14-26)10-12-24;2*1-2;;;/h3-8,17,26-27H,9-12,14H2,1-2H3,(H,25,28);2*1-2H3;1H3;;/q-1;;;-1;;/i/hD. The van der Waals surface area contributed by atoms with Gasteiger partial charge in [-0.1, -0.05) is 70.0 Å². The normalized spacial score (nSPS) is 20.8. The zero-order valence-electron chi connectivity index (χ0n) is 23.3. The average Bonchev–Trinajstić information content (AvgIpc) is 3.04. The van der Waals surface area contributed by atoms with Crippen molar-refractivity contribution < 1.29 is 70.2 Å². The van der Waals surface area contributed by atoms with Crippen molar-refractivity contribution in [2.24, 2.45) is 5.92 Å². The topological polar surface area (TPSA) is 69.6 Å². The van der Waals surface area contributed by atoms with E-state index in [9.17, 15) is 15.0 Å². The van der Waals surface area contributed by atoms with Crippen LogP contribution in [0.25, 0.3) is 16.7 Å². The van der Waals surface area contributed by atoms with Gasteiger partial charge in [-0.25, -0.2) is 0 Å². The Bertz CT molecular complexity index is 987. The number of carbonyl (C=O) groups is 1. The zero-order valence-corrected chi connectivity index (χ0v) is 28.1. The molecule has 6 heteroatoms. The maximum atomic E-state index is 13.0. The van der Waals surface area contributed by atoms with Crippen LogP contribution in [0.3, 0.4) is 0 Å². The monoisotopic (exact) mass is 725 g/mol. The first-order chi connectivity index (χ1) is 15.9. The van der Waals surface area contributed by atoms with E-state index in [0.29, 0.717) is 31.2 Å². The van der Waals surface area contributed by atoms with Crippen LogP contribution in [0.5, 0.6) is 0 Å². The number of nitrogens with one attached hydrogen (secondary N) is 1. The fourth-order valence-corrected chi connectivity index (χ4v) is 4.28. The Kier molecular flexibility index (Phi) is 16.5. The van der Waals surface area contributed by atoms with E-state index in [-0.39, 0.29) is 85.1 Å². The first-order valence-corrected chi connectivity index (χ1v) is 11.9. The molecule has 1 aliphatic heterocycles. The van der Waals surface area contributed by atoms with Gasteiger partial charge in [0.05, 0.1) is 11.3 Å². The minimum Gasteiger partial charge on any atom is -0.517 e. The summed E-state index contributed by atoms with van der Waals surface area (Å²) in [6.07, 6.45) is 2.34. The van der Waals surface area contributed by atoms with Crippen LogP contribution in [-0.4, -0.2) is 28.3 Å². The van der Waals surface area contributed by atoms with Crippen LogP contribution in [-0.2, 0) is 58.6 Å². The second-order valence-electron chi connectivity index (χ2n) is 8.09. The van der Waals surface area contributed by atoms with Gasteiger partial charge in [0, 0.05) is 66.0 Å². The zero-order chi connectivity index (χ0) is 24.8. The molecular weight excluding hydrogens is 683 g/mol. The number of benzene rings is 2. The number of amides is 1. The largest absolute Gasteiger partial charge is 0.517 e. The molecule has 4 nitrogen and oxygen atoms in total. The number of aryl methyl sites for hydroxylation is 2. The number of hydrogen-bond donors (Lipinski definition) is 3. The van der Waals surface area contributed by atoms with Gasteiger partial charge in [-0.05, 0) is 38.5 Å². The number of hydrogen-bond acceptors (Lipinski definition) is 3. The van der Waals surface area contributed by atoms with Crippen molar-refractivity contribution in [3.63, 3.8) is 0 Å². The van der Waals surface area contributed by atoms with Crippen LogP contribution in [0.15, 0.2) is 42.2 Å². The van der Waals surface area contributed by atoms with Crippen molar-refractivity contribution in [2.45, 2.75) is 72.8 Å². The van der Waals surface area contributed by atoms with Crippen LogP contribution >= 0.6 is 0 Å². The van der Waals surface area contributed by atoms with E-state index >= 15 is 0 Å². The molecule has 1 radical (unpaired) electrons. The van der Waals surface area contributed by atoms with E-state index in [2.05, 4.69) is 6.07 Å². The molecule has 0 bridgehead atoms. The Hall–Kier alpha value is -0.798. The van der Waals surface area contributed by atoms with E-state index in [1.54, 1.807) is 0 Å². The second kappa shape index (κ2) is 16.9. The summed E-state index contributed by atoms with van der Waals surface area (Å²) >= 11 is 0. The van der Waals surface area contributed by atoms with Gasteiger partial charge in [-0.2, -0.15) is 0 Å². The third kappa shape index (κ3) is 8.09. The van der Waals surface area contributed by atoms with Gasteiger partial charge in [0.25, 0.3) is 0 Å². The number of carbonyl (C=O) groups excluding carboxylic acids is 1. The molecule has 1 spiro atoms. The molecule has 0 aromatic heterocycles. The summed E-state index contributed by atoms with van der Waals surface area (Å²) in [5, 5.41) is 21.5. The van der Waals surface area contributed by atoms with Gasteiger partial charge in [-0.3, -0.25) is 4.79 Å². The minimum absolute atomic E-state index is 0. The molecule has 3 N–H and O–H groups in total. The predicted molar refractivity (Wildman–Crippen MR) is 139 cm³/mol. The molecule has 0 atom stereocenters. The molecule has 4 rings (SSSR count). The molecule has 1 aliphatic carbocycles. The number of aliphatic hydroxyl groups is 2. The van der Waals surface area contributed by atoms with E-state index in [1.807, 2.05) is 77.9 Å². The van der Waals surface area contributed by atoms with Gasteiger partial charge in [0.15, 0.2) is 1.41 Å². The maximum Gasteiger partial charge on any atom is 0.222 e. The van der Waals surface area contributed by atoms with Crippen molar-refractivity contribution >= 4 is 11.5 Å². The van der Waals surface area contributed by atoms with Crippen LogP contribution in [0.1, 0.15) is 70.1 Å². The molecule has 1 fully saturated rings. The van der Waals surface area contributed by atoms with E-state index in [4.69, 9.17) is 1.41 Å². The van der Waals surface area contributed by atoms with Crippen molar-refractivity contribution in [3.8, 4) is 11.1 Å². The van der Waals surface area contributed by atoms with E-state index < -0.39 is 11.4 Å². The molecule has 2 aromatic rings. The van der Waals surface area contributed by atoms with Crippen molar-refractivity contribution in [2.75, 3.05) is 6.61 Å². The van der Waals surface area contributed by atoms with Crippen LogP contribution < -0.4 is 5.31 Å². The first-order valence-electron chi connectivity index (χ1n) is 12.3. The quantitative estimate of drug-likeness (QED) is 0.313. The molecule has 0 unspecified atom stereocenters. The Morgan fingerprint density at radius 2 is 1.60 bits per heavy atom. The summed E-state index contributed by atoms with van der Waals surface area (Å²) in [6, 6.07) is 15.3. The Balaban J connectivity index is 0. The fraction of sp³-hybridized carbons (Fsp3) is 0.448. The molecule has 35 heavy (non-hydrogen) atoms. The summed E-state index contributed by atoms with van der Waals surface area (Å²) in [7, 11) is 0. The molecule has 2 aliphatic rings. The van der Waals surface area contributed by atoms with Gasteiger partial charge in [0.1, 0.15) is 0 Å². The SMILES string of the molecule is CC.CC.[2H]N1C(=O)C(c2[c-]c(-c3ccc(C)cc3)ccc2C)=C(O)C12CCC(CO)CC2.[CH3-].[W].[Y]. The second-order valence-corrected chi connectivity index (χ2v) is 8.09. The third-order valence-corrected chi connectivity index (χ3v) is 6.16. The smallest absolute Gasteiger partial charge is 0.222 e. The van der Waals surface area contributed by atoms with Crippen LogP contribution in [0, 0.1) is 33.3 Å². The third-order valence-electron chi connectivity index (χ3n) is 6.16. The van der Waals surface area contributed by atoms with Gasteiger partial charge < -0.3 is 22.9 Å². The molecule has 1 heterocycles. The predicted octanol–water partition coefficient (Wildman–Crippen LogP) is 6.59. The molecule has 1 amide bonds. The van der Waals surface area contributed by atoms with Crippen molar-refractivity contribution in [1.82, 2.24) is 5.31 Å². The molecule has 0 saturated heterocycles.